The number of aromatic nitrogens is 3. The average Bonchev–Trinajstić information content (AvgIpc) is 3.25. The highest BCUT2D eigenvalue weighted by molar-refractivity contribution is 6.63. The molecule has 190 valence electrons. The molecule has 0 fully saturated rings. The van der Waals surface area contributed by atoms with Gasteiger partial charge in [0.1, 0.15) is 5.69 Å². The maximum atomic E-state index is 13.0. The molecule has 0 aliphatic rings. The molecule has 0 aliphatic heterocycles. The van der Waals surface area contributed by atoms with Gasteiger partial charge in [-0.1, -0.05) is 32.8 Å². The van der Waals surface area contributed by atoms with E-state index >= 15 is 0 Å². The number of amides is 1. The third-order valence-corrected chi connectivity index (χ3v) is 6.36. The maximum absolute atomic E-state index is 13.0. The Morgan fingerprint density at radius 2 is 1.83 bits per heavy atom. The SMILES string of the molecule is CCC(CC)CCC(=O)Cn1cccc(CC(=O)[C@H](CCC(=O)Cl)NC(=O)c2cncn2C)c1=O. The zero-order valence-electron chi connectivity index (χ0n) is 20.5. The largest absolute Gasteiger partial charge is 0.341 e. The van der Waals surface area contributed by atoms with Gasteiger partial charge in [-0.15, -0.1) is 0 Å². The first-order valence-corrected chi connectivity index (χ1v) is 12.2. The number of pyridine rings is 1. The third-order valence-electron chi connectivity index (χ3n) is 6.17. The Bertz CT molecular complexity index is 1100. The zero-order chi connectivity index (χ0) is 26.0. The fraction of sp³-hybridized carbons (Fsp3) is 0.520. The minimum Gasteiger partial charge on any atom is -0.341 e. The number of hydrogen-bond donors (Lipinski definition) is 1. The molecule has 2 rings (SSSR count). The minimum atomic E-state index is -1.02. The van der Waals surface area contributed by atoms with Gasteiger partial charge < -0.3 is 14.5 Å². The van der Waals surface area contributed by atoms with Gasteiger partial charge in [0.05, 0.1) is 25.1 Å². The van der Waals surface area contributed by atoms with Gasteiger partial charge in [-0.25, -0.2) is 4.98 Å². The predicted octanol–water partition coefficient (Wildman–Crippen LogP) is 2.82. The molecule has 1 N–H and O–H groups in total. The standard InChI is InChI=1S/C25H33ClN4O5/c1-4-17(5-2)8-9-19(31)15-30-12-6-7-18(25(30)35)13-22(32)20(10-11-23(26)33)28-24(34)21-14-27-16-29(21)3/h6-7,12,14,16-17,20H,4-5,8-11,13,15H2,1-3H3,(H,28,34)/t20-/m0/s1. The average molecular weight is 505 g/mol. The molecule has 0 aromatic carbocycles. The van der Waals surface area contributed by atoms with Gasteiger partial charge in [-0.2, -0.15) is 0 Å². The van der Waals surface area contributed by atoms with E-state index in [0.29, 0.717) is 12.3 Å². The smallest absolute Gasteiger partial charge is 0.270 e. The fourth-order valence-electron chi connectivity index (χ4n) is 3.87. The summed E-state index contributed by atoms with van der Waals surface area (Å²) >= 11 is 5.44. The van der Waals surface area contributed by atoms with E-state index in [1.54, 1.807) is 13.1 Å². The number of nitrogens with one attached hydrogen (secondary N) is 1. The summed E-state index contributed by atoms with van der Waals surface area (Å²) in [5.74, 6) is -0.519. The molecule has 9 nitrogen and oxygen atoms in total. The van der Waals surface area contributed by atoms with Gasteiger partial charge in [-0.3, -0.25) is 24.0 Å². The Morgan fingerprint density at radius 1 is 1.11 bits per heavy atom. The van der Waals surface area contributed by atoms with Crippen LogP contribution in [0.4, 0.5) is 0 Å². The van der Waals surface area contributed by atoms with Crippen LogP contribution in [0.5, 0.6) is 0 Å². The van der Waals surface area contributed by atoms with Crippen LogP contribution in [0.2, 0.25) is 0 Å². The number of carbonyl (C=O) groups excluding carboxylic acids is 4. The molecule has 1 atom stereocenters. The lowest BCUT2D eigenvalue weighted by molar-refractivity contribution is -0.121. The molecule has 0 unspecified atom stereocenters. The first-order chi connectivity index (χ1) is 16.7. The van der Waals surface area contributed by atoms with Crippen molar-refractivity contribution in [3.8, 4) is 0 Å². The molecule has 2 aromatic rings. The molecule has 35 heavy (non-hydrogen) atoms. The summed E-state index contributed by atoms with van der Waals surface area (Å²) in [6.45, 7) is 4.14. The Morgan fingerprint density at radius 3 is 2.43 bits per heavy atom. The van der Waals surface area contributed by atoms with Gasteiger partial charge in [0.25, 0.3) is 11.5 Å². The number of aryl methyl sites for hydroxylation is 1. The van der Waals surface area contributed by atoms with Crippen molar-refractivity contribution in [3.05, 3.63) is 52.5 Å². The number of Topliss-reactive ketones (excluding diaryl/α,β-unsaturated/α-hetero) is 2. The number of ketones is 2. The van der Waals surface area contributed by atoms with E-state index in [2.05, 4.69) is 24.1 Å². The topological polar surface area (TPSA) is 120 Å². The second-order valence-corrected chi connectivity index (χ2v) is 9.10. The van der Waals surface area contributed by atoms with Gasteiger partial charge in [-0.05, 0) is 36.4 Å². The lowest BCUT2D eigenvalue weighted by atomic mass is 9.96. The highest BCUT2D eigenvalue weighted by atomic mass is 35.5. The molecule has 0 spiro atoms. The predicted molar refractivity (Wildman–Crippen MR) is 132 cm³/mol. The van der Waals surface area contributed by atoms with Crippen LogP contribution in [0, 0.1) is 5.92 Å². The summed E-state index contributed by atoms with van der Waals surface area (Å²) in [6.07, 6.45) is 7.17. The van der Waals surface area contributed by atoms with Crippen molar-refractivity contribution < 1.29 is 19.2 Å². The van der Waals surface area contributed by atoms with Crippen LogP contribution in [0.15, 0.2) is 35.6 Å². The molecular formula is C25H33ClN4O5. The second kappa shape index (κ2) is 13.7. The molecule has 0 aliphatic carbocycles. The lowest BCUT2D eigenvalue weighted by Crippen LogP contribution is -2.43. The van der Waals surface area contributed by atoms with E-state index in [1.165, 1.54) is 33.9 Å². The summed E-state index contributed by atoms with van der Waals surface area (Å²) in [5.41, 5.74) is 0.0260. The molecular weight excluding hydrogens is 472 g/mol. The quantitative estimate of drug-likeness (QED) is 0.372. The molecule has 10 heteroatoms. The summed E-state index contributed by atoms with van der Waals surface area (Å²) in [5, 5.41) is 1.98. The van der Waals surface area contributed by atoms with E-state index in [-0.39, 0.29) is 42.8 Å². The molecule has 1 amide bonds. The number of halogens is 1. The van der Waals surface area contributed by atoms with Crippen LogP contribution < -0.4 is 10.9 Å². The molecule has 0 saturated heterocycles. The normalized spacial score (nSPS) is 11.9. The summed E-state index contributed by atoms with van der Waals surface area (Å²) in [6, 6.07) is 2.12. The number of carbonyl (C=O) groups is 4. The Kier molecular flexibility index (Phi) is 11.0. The van der Waals surface area contributed by atoms with Crippen molar-refractivity contribution in [2.45, 2.75) is 71.4 Å². The van der Waals surface area contributed by atoms with Crippen molar-refractivity contribution in [1.82, 2.24) is 19.4 Å². The molecule has 2 heterocycles. The number of hydrogen-bond acceptors (Lipinski definition) is 6. The monoisotopic (exact) mass is 504 g/mol. The highest BCUT2D eigenvalue weighted by Crippen LogP contribution is 2.15. The van der Waals surface area contributed by atoms with Crippen molar-refractivity contribution in [2.24, 2.45) is 13.0 Å². The molecule has 0 radical (unpaired) electrons. The number of imidazole rings is 1. The summed E-state index contributed by atoms with van der Waals surface area (Å²) < 4.78 is 2.81. The molecule has 2 aromatic heterocycles. The van der Waals surface area contributed by atoms with Gasteiger partial charge in [0.2, 0.25) is 5.24 Å². The summed E-state index contributed by atoms with van der Waals surface area (Å²) in [7, 11) is 1.64. The number of rotatable bonds is 15. The zero-order valence-corrected chi connectivity index (χ0v) is 21.2. The van der Waals surface area contributed by atoms with E-state index < -0.39 is 28.5 Å². The van der Waals surface area contributed by atoms with Crippen LogP contribution in [-0.4, -0.2) is 42.9 Å². The van der Waals surface area contributed by atoms with Crippen molar-refractivity contribution in [1.29, 1.82) is 0 Å². The Labute approximate surface area is 209 Å². The van der Waals surface area contributed by atoms with E-state index in [0.717, 1.165) is 19.3 Å². The first-order valence-electron chi connectivity index (χ1n) is 11.8. The van der Waals surface area contributed by atoms with E-state index in [9.17, 15) is 24.0 Å². The lowest BCUT2D eigenvalue weighted by Gasteiger charge is -2.17. The number of nitrogens with zero attached hydrogens (tertiary/aromatic N) is 3. The van der Waals surface area contributed by atoms with Crippen LogP contribution >= 0.6 is 11.6 Å². The maximum Gasteiger partial charge on any atom is 0.270 e. The van der Waals surface area contributed by atoms with Crippen LogP contribution in [0.1, 0.15) is 68.4 Å². The van der Waals surface area contributed by atoms with E-state index in [4.69, 9.17) is 11.6 Å². The van der Waals surface area contributed by atoms with Crippen LogP contribution in [0.3, 0.4) is 0 Å². The minimum absolute atomic E-state index is 0.000290. The summed E-state index contributed by atoms with van der Waals surface area (Å²) in [4.78, 5) is 66.1. The second-order valence-electron chi connectivity index (χ2n) is 8.68. The first kappa shape index (κ1) is 28.2. The van der Waals surface area contributed by atoms with Crippen LogP contribution in [0.25, 0.3) is 0 Å². The van der Waals surface area contributed by atoms with E-state index in [1.807, 2.05) is 0 Å². The van der Waals surface area contributed by atoms with Gasteiger partial charge in [0.15, 0.2) is 11.6 Å². The fourth-order valence-corrected chi connectivity index (χ4v) is 3.98. The third kappa shape index (κ3) is 8.58. The Balaban J connectivity index is 2.11. The van der Waals surface area contributed by atoms with Gasteiger partial charge in [0, 0.05) is 38.1 Å². The van der Waals surface area contributed by atoms with Crippen LogP contribution in [-0.2, 0) is 34.4 Å². The Hall–Kier alpha value is -3.07. The van der Waals surface area contributed by atoms with Crippen molar-refractivity contribution in [2.75, 3.05) is 0 Å². The highest BCUT2D eigenvalue weighted by Gasteiger charge is 2.24. The van der Waals surface area contributed by atoms with Gasteiger partial charge >= 0.3 is 0 Å². The van der Waals surface area contributed by atoms with Crippen molar-refractivity contribution in [3.63, 3.8) is 0 Å². The molecule has 0 bridgehead atoms. The molecule has 0 saturated carbocycles. The van der Waals surface area contributed by atoms with Crippen molar-refractivity contribution >= 4 is 34.3 Å².